The van der Waals surface area contributed by atoms with Crippen molar-refractivity contribution in [2.75, 3.05) is 7.11 Å². The van der Waals surface area contributed by atoms with E-state index in [0.717, 1.165) is 22.6 Å². The first-order valence-corrected chi connectivity index (χ1v) is 9.81. The SMILES string of the molecule is COc1ccccc1CCC(=O)NCc1nnc2ccc(-c3ccc(C)cc3)nn12. The Kier molecular flexibility index (Phi) is 5.70. The maximum absolute atomic E-state index is 12.3. The van der Waals surface area contributed by atoms with Gasteiger partial charge in [-0.2, -0.15) is 9.61 Å². The van der Waals surface area contributed by atoms with Gasteiger partial charge in [0.05, 0.1) is 19.3 Å². The molecule has 0 saturated carbocycles. The van der Waals surface area contributed by atoms with Crippen molar-refractivity contribution in [2.24, 2.45) is 0 Å². The van der Waals surface area contributed by atoms with Crippen LogP contribution < -0.4 is 10.1 Å². The molecule has 7 heteroatoms. The zero-order valence-corrected chi connectivity index (χ0v) is 17.0. The van der Waals surface area contributed by atoms with Crippen LogP contribution in [0.3, 0.4) is 0 Å². The zero-order chi connectivity index (χ0) is 20.9. The van der Waals surface area contributed by atoms with E-state index in [1.807, 2.05) is 48.5 Å². The standard InChI is InChI=1S/C23H23N5O2/c1-16-7-9-17(10-8-16)19-12-13-21-25-26-22(28(21)27-19)15-24-23(29)14-11-18-5-3-4-6-20(18)30-2/h3-10,12-13H,11,14-15H2,1-2H3,(H,24,29). The second-order valence-corrected chi connectivity index (χ2v) is 7.06. The van der Waals surface area contributed by atoms with Gasteiger partial charge in [0, 0.05) is 12.0 Å². The quantitative estimate of drug-likeness (QED) is 0.514. The number of ether oxygens (including phenoxy) is 1. The fraction of sp³-hybridized carbons (Fsp3) is 0.217. The number of hydrogen-bond donors (Lipinski definition) is 1. The predicted molar refractivity (Wildman–Crippen MR) is 114 cm³/mol. The Hall–Kier alpha value is -3.74. The van der Waals surface area contributed by atoms with Crippen molar-refractivity contribution in [1.82, 2.24) is 25.1 Å². The summed E-state index contributed by atoms with van der Waals surface area (Å²) in [7, 11) is 1.63. The van der Waals surface area contributed by atoms with Crippen LogP contribution in [0.2, 0.25) is 0 Å². The van der Waals surface area contributed by atoms with Crippen LogP contribution in [-0.2, 0) is 17.8 Å². The van der Waals surface area contributed by atoms with Crippen molar-refractivity contribution in [3.05, 3.63) is 77.6 Å². The molecule has 7 nitrogen and oxygen atoms in total. The molecule has 0 aliphatic carbocycles. The number of rotatable bonds is 7. The Morgan fingerprint density at radius 1 is 1.03 bits per heavy atom. The van der Waals surface area contributed by atoms with E-state index >= 15 is 0 Å². The Morgan fingerprint density at radius 3 is 2.63 bits per heavy atom. The molecule has 0 aliphatic heterocycles. The second kappa shape index (κ2) is 8.73. The van der Waals surface area contributed by atoms with Crippen LogP contribution in [-0.4, -0.2) is 32.8 Å². The number of para-hydroxylation sites is 1. The van der Waals surface area contributed by atoms with Crippen LogP contribution in [0.4, 0.5) is 0 Å². The van der Waals surface area contributed by atoms with E-state index in [0.29, 0.717) is 24.3 Å². The lowest BCUT2D eigenvalue weighted by Crippen LogP contribution is -2.24. The van der Waals surface area contributed by atoms with Gasteiger partial charge in [-0.3, -0.25) is 4.79 Å². The molecule has 1 N–H and O–H groups in total. The molecule has 30 heavy (non-hydrogen) atoms. The average molecular weight is 401 g/mol. The van der Waals surface area contributed by atoms with Crippen molar-refractivity contribution < 1.29 is 9.53 Å². The van der Waals surface area contributed by atoms with Crippen LogP contribution in [0.25, 0.3) is 16.9 Å². The van der Waals surface area contributed by atoms with Crippen LogP contribution in [0.15, 0.2) is 60.7 Å². The van der Waals surface area contributed by atoms with Gasteiger partial charge in [-0.25, -0.2) is 0 Å². The summed E-state index contributed by atoms with van der Waals surface area (Å²) in [6, 6.07) is 19.7. The average Bonchev–Trinajstić information content (AvgIpc) is 3.19. The molecular weight excluding hydrogens is 378 g/mol. The molecular formula is C23H23N5O2. The molecule has 1 amide bonds. The van der Waals surface area contributed by atoms with Crippen molar-refractivity contribution in [3.8, 4) is 17.0 Å². The van der Waals surface area contributed by atoms with Crippen molar-refractivity contribution >= 4 is 11.6 Å². The van der Waals surface area contributed by atoms with E-state index in [1.54, 1.807) is 11.6 Å². The van der Waals surface area contributed by atoms with Gasteiger partial charge in [0.25, 0.3) is 0 Å². The van der Waals surface area contributed by atoms with Gasteiger partial charge in [0.1, 0.15) is 5.75 Å². The fourth-order valence-corrected chi connectivity index (χ4v) is 3.25. The summed E-state index contributed by atoms with van der Waals surface area (Å²) in [6.45, 7) is 2.31. The third-order valence-corrected chi connectivity index (χ3v) is 4.93. The zero-order valence-electron chi connectivity index (χ0n) is 17.0. The molecule has 0 atom stereocenters. The molecule has 0 aliphatic rings. The van der Waals surface area contributed by atoms with E-state index in [-0.39, 0.29) is 12.5 Å². The second-order valence-electron chi connectivity index (χ2n) is 7.06. The number of amides is 1. The molecule has 152 valence electrons. The van der Waals surface area contributed by atoms with Gasteiger partial charge in [-0.05, 0) is 37.1 Å². The molecule has 0 bridgehead atoms. The minimum Gasteiger partial charge on any atom is -0.496 e. The Labute approximate surface area is 174 Å². The summed E-state index contributed by atoms with van der Waals surface area (Å²) in [5.41, 5.74) is 4.69. The van der Waals surface area contributed by atoms with Gasteiger partial charge in [0.2, 0.25) is 5.91 Å². The summed E-state index contributed by atoms with van der Waals surface area (Å²) >= 11 is 0. The lowest BCUT2D eigenvalue weighted by molar-refractivity contribution is -0.121. The van der Waals surface area contributed by atoms with Crippen LogP contribution in [0, 0.1) is 6.92 Å². The number of carbonyl (C=O) groups is 1. The van der Waals surface area contributed by atoms with Crippen LogP contribution in [0.1, 0.15) is 23.4 Å². The van der Waals surface area contributed by atoms with Crippen LogP contribution >= 0.6 is 0 Å². The number of benzene rings is 2. The summed E-state index contributed by atoms with van der Waals surface area (Å²) in [4.78, 5) is 12.3. The highest BCUT2D eigenvalue weighted by Gasteiger charge is 2.11. The minimum atomic E-state index is -0.0626. The smallest absolute Gasteiger partial charge is 0.220 e. The molecule has 0 unspecified atom stereocenters. The normalized spacial score (nSPS) is 10.9. The van der Waals surface area contributed by atoms with E-state index in [9.17, 15) is 4.79 Å². The Morgan fingerprint density at radius 2 is 1.83 bits per heavy atom. The highest BCUT2D eigenvalue weighted by atomic mass is 16.5. The van der Waals surface area contributed by atoms with E-state index in [4.69, 9.17) is 4.74 Å². The molecule has 0 spiro atoms. The lowest BCUT2D eigenvalue weighted by Gasteiger charge is -2.08. The maximum Gasteiger partial charge on any atom is 0.220 e. The molecule has 0 fully saturated rings. The molecule has 2 aromatic heterocycles. The summed E-state index contributed by atoms with van der Waals surface area (Å²) in [6.07, 6.45) is 0.964. The largest absolute Gasteiger partial charge is 0.496 e. The first-order chi connectivity index (χ1) is 14.6. The molecule has 4 aromatic rings. The number of methoxy groups -OCH3 is 1. The van der Waals surface area contributed by atoms with Gasteiger partial charge in [-0.15, -0.1) is 10.2 Å². The van der Waals surface area contributed by atoms with E-state index < -0.39 is 0 Å². The lowest BCUT2D eigenvalue weighted by atomic mass is 10.1. The number of fused-ring (bicyclic) bond motifs is 1. The first kappa shape index (κ1) is 19.6. The summed E-state index contributed by atoms with van der Waals surface area (Å²) < 4.78 is 7.01. The van der Waals surface area contributed by atoms with E-state index in [2.05, 4.69) is 39.7 Å². The molecule has 0 radical (unpaired) electrons. The monoisotopic (exact) mass is 401 g/mol. The van der Waals surface area contributed by atoms with Gasteiger partial charge < -0.3 is 10.1 Å². The number of aryl methyl sites for hydroxylation is 2. The predicted octanol–water partition coefficient (Wildman–Crippen LogP) is 3.36. The number of hydrogen-bond acceptors (Lipinski definition) is 5. The number of nitrogens with zero attached hydrogens (tertiary/aromatic N) is 4. The Balaban J connectivity index is 1.43. The third kappa shape index (κ3) is 4.30. The van der Waals surface area contributed by atoms with Crippen molar-refractivity contribution in [1.29, 1.82) is 0 Å². The highest BCUT2D eigenvalue weighted by Crippen LogP contribution is 2.19. The molecule has 2 heterocycles. The molecule has 2 aromatic carbocycles. The van der Waals surface area contributed by atoms with E-state index in [1.165, 1.54) is 5.56 Å². The summed E-state index contributed by atoms with van der Waals surface area (Å²) in [5.74, 6) is 1.32. The van der Waals surface area contributed by atoms with Gasteiger partial charge in [-0.1, -0.05) is 48.0 Å². The minimum absolute atomic E-state index is 0.0626. The third-order valence-electron chi connectivity index (χ3n) is 4.93. The van der Waals surface area contributed by atoms with Gasteiger partial charge >= 0.3 is 0 Å². The molecule has 4 rings (SSSR count). The summed E-state index contributed by atoms with van der Waals surface area (Å²) in [5, 5.41) is 15.9. The topological polar surface area (TPSA) is 81.4 Å². The first-order valence-electron chi connectivity index (χ1n) is 9.81. The number of nitrogens with one attached hydrogen (secondary N) is 1. The fourth-order valence-electron chi connectivity index (χ4n) is 3.25. The molecule has 0 saturated heterocycles. The number of carbonyl (C=O) groups excluding carboxylic acids is 1. The maximum atomic E-state index is 12.3. The van der Waals surface area contributed by atoms with Gasteiger partial charge in [0.15, 0.2) is 11.5 Å². The number of aromatic nitrogens is 4. The van der Waals surface area contributed by atoms with Crippen molar-refractivity contribution in [3.63, 3.8) is 0 Å². The Bertz CT molecular complexity index is 1170. The highest BCUT2D eigenvalue weighted by molar-refractivity contribution is 5.76. The van der Waals surface area contributed by atoms with Crippen molar-refractivity contribution in [2.45, 2.75) is 26.3 Å². The van der Waals surface area contributed by atoms with Crippen LogP contribution in [0.5, 0.6) is 5.75 Å².